The summed E-state index contributed by atoms with van der Waals surface area (Å²) in [5, 5.41) is 14.7. The van der Waals surface area contributed by atoms with E-state index in [-0.39, 0.29) is 0 Å². The molecule has 0 heterocycles. The summed E-state index contributed by atoms with van der Waals surface area (Å²) in [7, 11) is 1.16. The normalized spacial score (nSPS) is 8.40. The molecule has 0 bridgehead atoms. The number of hydrogen-bond acceptors (Lipinski definition) is 4. The minimum Gasteiger partial charge on any atom is -0.690 e. The number of rotatable bonds is 2. The average molecular weight is 79.0 g/mol. The van der Waals surface area contributed by atoms with Crippen LogP contribution in [0.25, 0.3) is 0 Å². The van der Waals surface area contributed by atoms with Crippen molar-refractivity contribution in [2.45, 2.75) is 0 Å². The molecule has 0 aromatic heterocycles. The second-order valence-corrected chi connectivity index (χ2v) is 0.303. The van der Waals surface area contributed by atoms with Crippen LogP contribution in [0.2, 0.25) is 0 Å². The molecule has 4 nitrogen and oxygen atoms in total. The van der Waals surface area contributed by atoms with E-state index in [0.717, 1.165) is 7.11 Å². The monoisotopic (exact) mass is 79.0 g/mol. The Balaban J connectivity index is 2.19. The minimum absolute atomic E-state index is 1.16. The summed E-state index contributed by atoms with van der Waals surface area (Å²) >= 11 is 0. The lowest BCUT2D eigenvalue weighted by molar-refractivity contribution is -0.847. The first-order chi connectivity index (χ1) is 2.41. The molecular formula is CH3O4-. The van der Waals surface area contributed by atoms with Gasteiger partial charge in [-0.3, -0.25) is 5.04 Å². The van der Waals surface area contributed by atoms with E-state index in [1.54, 1.807) is 0 Å². The van der Waals surface area contributed by atoms with Gasteiger partial charge in [-0.25, -0.2) is 4.89 Å². The van der Waals surface area contributed by atoms with E-state index >= 15 is 0 Å². The molecule has 32 valence electrons. The Kier molecular flexibility index (Phi) is 3.72. The predicted molar refractivity (Wildman–Crippen MR) is 9.18 cm³/mol. The molecule has 0 aliphatic rings. The average Bonchev–Trinajstić information content (AvgIpc) is 1.41. The molecule has 0 N–H and O–H groups in total. The van der Waals surface area contributed by atoms with Gasteiger partial charge in [0.05, 0.1) is 7.11 Å². The van der Waals surface area contributed by atoms with Crippen molar-refractivity contribution in [3.63, 3.8) is 0 Å². The molecule has 5 heavy (non-hydrogen) atoms. The molecule has 0 saturated carbocycles. The molecule has 4 heteroatoms. The summed E-state index contributed by atoms with van der Waals surface area (Å²) < 4.78 is 0. The Bertz CT molecular complexity index is 11.1. The molecule has 0 spiro atoms. The van der Waals surface area contributed by atoms with Gasteiger partial charge < -0.3 is 5.26 Å². The van der Waals surface area contributed by atoms with Crippen LogP contribution in [-0.4, -0.2) is 7.11 Å². The first kappa shape index (κ1) is 4.84. The molecule has 0 amide bonds. The maximum Gasteiger partial charge on any atom is 0.0744 e. The van der Waals surface area contributed by atoms with E-state index in [1.165, 1.54) is 0 Å². The Morgan fingerprint density at radius 1 is 1.60 bits per heavy atom. The number of hydrogen-bond donors (Lipinski definition) is 0. The van der Waals surface area contributed by atoms with Crippen molar-refractivity contribution in [1.82, 2.24) is 0 Å². The summed E-state index contributed by atoms with van der Waals surface area (Å²) in [4.78, 5) is 3.66. The van der Waals surface area contributed by atoms with Crippen LogP contribution in [0.3, 0.4) is 0 Å². The van der Waals surface area contributed by atoms with Gasteiger partial charge >= 0.3 is 0 Å². The summed E-state index contributed by atoms with van der Waals surface area (Å²) in [6, 6.07) is 0. The van der Waals surface area contributed by atoms with Crippen LogP contribution < -0.4 is 5.26 Å². The molecule has 0 saturated heterocycles. The zero-order chi connectivity index (χ0) is 4.12. The zero-order valence-corrected chi connectivity index (χ0v) is 2.63. The molecule has 0 atom stereocenters. The summed E-state index contributed by atoms with van der Waals surface area (Å²) in [6.07, 6.45) is 0. The lowest BCUT2D eigenvalue weighted by atomic mass is 11.8. The largest absolute Gasteiger partial charge is 0.690 e. The third-order valence-electron chi connectivity index (χ3n) is 0.0958. The van der Waals surface area contributed by atoms with Gasteiger partial charge in [0.15, 0.2) is 0 Å². The van der Waals surface area contributed by atoms with Crippen LogP contribution in [0.4, 0.5) is 0 Å². The van der Waals surface area contributed by atoms with Gasteiger partial charge in [-0.15, -0.1) is 0 Å². The lowest BCUT2D eigenvalue weighted by Crippen LogP contribution is -2.04. The SMILES string of the molecule is COOO[O-]. The van der Waals surface area contributed by atoms with Crippen molar-refractivity contribution in [3.8, 4) is 0 Å². The van der Waals surface area contributed by atoms with E-state index in [0.29, 0.717) is 0 Å². The Morgan fingerprint density at radius 2 is 2.20 bits per heavy atom. The van der Waals surface area contributed by atoms with Gasteiger partial charge in [0.25, 0.3) is 0 Å². The fourth-order valence-electron chi connectivity index (χ4n) is 0.0278. The standard InChI is InChI=1S/CH4O4/c1-3-5-4-2/h2H,1H3/p-1. The predicted octanol–water partition coefficient (Wildman–Crippen LogP) is -1.23. The maximum absolute atomic E-state index is 8.68. The summed E-state index contributed by atoms with van der Waals surface area (Å²) in [5.41, 5.74) is 0. The van der Waals surface area contributed by atoms with Crippen molar-refractivity contribution >= 4 is 0 Å². The Morgan fingerprint density at radius 3 is 2.20 bits per heavy atom. The third-order valence-corrected chi connectivity index (χ3v) is 0.0958. The fourth-order valence-corrected chi connectivity index (χ4v) is 0.0278. The van der Waals surface area contributed by atoms with Crippen LogP contribution in [0.15, 0.2) is 0 Å². The molecule has 0 unspecified atom stereocenters. The zero-order valence-electron chi connectivity index (χ0n) is 2.63. The molecule has 0 aromatic carbocycles. The highest BCUT2D eigenvalue weighted by Crippen LogP contribution is 1.60. The smallest absolute Gasteiger partial charge is 0.0744 e. The quantitative estimate of drug-likeness (QED) is 0.307. The van der Waals surface area contributed by atoms with E-state index in [2.05, 4.69) is 15.0 Å². The van der Waals surface area contributed by atoms with Gasteiger partial charge in [0.2, 0.25) is 0 Å². The van der Waals surface area contributed by atoms with Gasteiger partial charge in [-0.05, 0) is 0 Å². The second kappa shape index (κ2) is 3.84. The second-order valence-electron chi connectivity index (χ2n) is 0.303. The highest BCUT2D eigenvalue weighted by atomic mass is 17.6. The molecular weight excluding hydrogens is 76.0 g/mol. The fraction of sp³-hybridized carbons (Fsp3) is 1.00. The van der Waals surface area contributed by atoms with Crippen LogP contribution in [0.1, 0.15) is 0 Å². The summed E-state index contributed by atoms with van der Waals surface area (Å²) in [5.74, 6) is 0. The van der Waals surface area contributed by atoms with E-state index in [1.807, 2.05) is 0 Å². The van der Waals surface area contributed by atoms with Crippen LogP contribution >= 0.6 is 0 Å². The first-order valence-electron chi connectivity index (χ1n) is 0.908. The van der Waals surface area contributed by atoms with Crippen molar-refractivity contribution in [2.75, 3.05) is 7.11 Å². The van der Waals surface area contributed by atoms with Crippen molar-refractivity contribution in [1.29, 1.82) is 0 Å². The van der Waals surface area contributed by atoms with Gasteiger partial charge in [0, 0.05) is 0 Å². The van der Waals surface area contributed by atoms with E-state index < -0.39 is 0 Å². The first-order valence-corrected chi connectivity index (χ1v) is 0.908. The highest BCUT2D eigenvalue weighted by molar-refractivity contribution is 3.35. The van der Waals surface area contributed by atoms with Crippen molar-refractivity contribution < 1.29 is 20.2 Å². The van der Waals surface area contributed by atoms with E-state index in [9.17, 15) is 0 Å². The molecule has 0 aliphatic carbocycles. The molecule has 0 aliphatic heterocycles. The summed E-state index contributed by atoms with van der Waals surface area (Å²) in [6.45, 7) is 0. The maximum atomic E-state index is 8.68. The third kappa shape index (κ3) is 3.84. The lowest BCUT2D eigenvalue weighted by Gasteiger charge is -1.96. The van der Waals surface area contributed by atoms with Crippen molar-refractivity contribution in [2.24, 2.45) is 0 Å². The van der Waals surface area contributed by atoms with Gasteiger partial charge in [0.1, 0.15) is 0 Å². The Labute approximate surface area is 28.7 Å². The van der Waals surface area contributed by atoms with Crippen LogP contribution in [0, 0.1) is 0 Å². The Hall–Kier alpha value is -0.160. The van der Waals surface area contributed by atoms with Crippen LogP contribution in [-0.2, 0) is 15.0 Å². The highest BCUT2D eigenvalue weighted by Gasteiger charge is 1.56. The van der Waals surface area contributed by atoms with Gasteiger partial charge in [-0.2, -0.15) is 0 Å². The van der Waals surface area contributed by atoms with E-state index in [4.69, 9.17) is 5.26 Å². The van der Waals surface area contributed by atoms with Crippen molar-refractivity contribution in [3.05, 3.63) is 0 Å². The van der Waals surface area contributed by atoms with Crippen LogP contribution in [0.5, 0.6) is 0 Å². The molecule has 0 rings (SSSR count). The molecule has 0 fully saturated rings. The minimum atomic E-state index is 1.16. The molecule has 0 aromatic rings. The van der Waals surface area contributed by atoms with Gasteiger partial charge in [-0.1, -0.05) is 5.04 Å². The molecule has 0 radical (unpaired) electrons. The topological polar surface area (TPSA) is 50.8 Å².